The Bertz CT molecular complexity index is 750. The summed E-state index contributed by atoms with van der Waals surface area (Å²) in [5.41, 5.74) is 3.28. The average Bonchev–Trinajstić information content (AvgIpc) is 2.67. The van der Waals surface area contributed by atoms with Gasteiger partial charge < -0.3 is 4.74 Å². The molecule has 0 amide bonds. The molecule has 2 aromatic rings. The summed E-state index contributed by atoms with van der Waals surface area (Å²) >= 11 is 0. The Morgan fingerprint density at radius 2 is 1.70 bits per heavy atom. The Morgan fingerprint density at radius 3 is 2.30 bits per heavy atom. The van der Waals surface area contributed by atoms with Crippen LogP contribution in [0.4, 0.5) is 0 Å². The molecule has 0 aliphatic carbocycles. The van der Waals surface area contributed by atoms with Crippen LogP contribution in [0.5, 0.6) is 0 Å². The SMILES string of the molecule is COC(=O)c1ccc(C2CN(Cc3ccccc3)CCN2C(C)(C)C)cc1. The van der Waals surface area contributed by atoms with Gasteiger partial charge in [0.05, 0.1) is 12.7 Å². The van der Waals surface area contributed by atoms with E-state index < -0.39 is 0 Å². The lowest BCUT2D eigenvalue weighted by atomic mass is 9.94. The molecular formula is C23H30N2O2. The number of ether oxygens (including phenoxy) is 1. The van der Waals surface area contributed by atoms with Crippen molar-refractivity contribution in [2.24, 2.45) is 0 Å². The summed E-state index contributed by atoms with van der Waals surface area (Å²) in [6.07, 6.45) is 0. The normalized spacial score (nSPS) is 19.0. The number of nitrogens with zero attached hydrogens (tertiary/aromatic N) is 2. The molecule has 1 aliphatic heterocycles. The maximum Gasteiger partial charge on any atom is 0.337 e. The van der Waals surface area contributed by atoms with E-state index in [1.54, 1.807) is 0 Å². The number of methoxy groups -OCH3 is 1. The topological polar surface area (TPSA) is 32.8 Å². The van der Waals surface area contributed by atoms with E-state index in [0.29, 0.717) is 11.6 Å². The van der Waals surface area contributed by atoms with Crippen LogP contribution in [-0.2, 0) is 11.3 Å². The Kier molecular flexibility index (Phi) is 5.98. The summed E-state index contributed by atoms with van der Waals surface area (Å²) < 4.78 is 4.82. The molecule has 1 fully saturated rings. The quantitative estimate of drug-likeness (QED) is 0.762. The molecule has 4 nitrogen and oxygen atoms in total. The van der Waals surface area contributed by atoms with Gasteiger partial charge in [0, 0.05) is 37.8 Å². The summed E-state index contributed by atoms with van der Waals surface area (Å²) in [6.45, 7) is 10.9. The van der Waals surface area contributed by atoms with Gasteiger partial charge in [-0.25, -0.2) is 4.79 Å². The van der Waals surface area contributed by atoms with Crippen molar-refractivity contribution in [1.82, 2.24) is 9.80 Å². The number of rotatable bonds is 4. The van der Waals surface area contributed by atoms with Gasteiger partial charge in [0.2, 0.25) is 0 Å². The van der Waals surface area contributed by atoms with Crippen molar-refractivity contribution < 1.29 is 9.53 Å². The zero-order valence-electron chi connectivity index (χ0n) is 16.8. The molecule has 0 bridgehead atoms. The van der Waals surface area contributed by atoms with Gasteiger partial charge in [-0.1, -0.05) is 42.5 Å². The first-order valence-electron chi connectivity index (χ1n) is 9.60. The first-order chi connectivity index (χ1) is 12.9. The third kappa shape index (κ3) is 4.76. The van der Waals surface area contributed by atoms with Crippen LogP contribution in [0.1, 0.15) is 48.3 Å². The molecular weight excluding hydrogens is 336 g/mol. The van der Waals surface area contributed by atoms with Crippen LogP contribution >= 0.6 is 0 Å². The van der Waals surface area contributed by atoms with Crippen molar-refractivity contribution in [2.45, 2.75) is 38.9 Å². The highest BCUT2D eigenvalue weighted by molar-refractivity contribution is 5.89. The van der Waals surface area contributed by atoms with Crippen molar-refractivity contribution in [3.8, 4) is 0 Å². The van der Waals surface area contributed by atoms with Crippen LogP contribution in [-0.4, -0.2) is 48.1 Å². The summed E-state index contributed by atoms with van der Waals surface area (Å²) in [7, 11) is 1.42. The Hall–Kier alpha value is -2.17. The van der Waals surface area contributed by atoms with E-state index in [1.165, 1.54) is 18.2 Å². The predicted octanol–water partition coefficient (Wildman–Crippen LogP) is 4.13. The number of benzene rings is 2. The first-order valence-corrected chi connectivity index (χ1v) is 9.60. The zero-order chi connectivity index (χ0) is 19.4. The van der Waals surface area contributed by atoms with Crippen LogP contribution < -0.4 is 0 Å². The van der Waals surface area contributed by atoms with Gasteiger partial charge in [-0.15, -0.1) is 0 Å². The molecule has 0 saturated carbocycles. The average molecular weight is 367 g/mol. The summed E-state index contributed by atoms with van der Waals surface area (Å²) in [6, 6.07) is 18.8. The van der Waals surface area contributed by atoms with Crippen LogP contribution in [0.25, 0.3) is 0 Å². The molecule has 1 saturated heterocycles. The molecule has 0 radical (unpaired) electrons. The van der Waals surface area contributed by atoms with Gasteiger partial charge in [-0.3, -0.25) is 9.80 Å². The van der Waals surface area contributed by atoms with Crippen molar-refractivity contribution in [3.05, 3.63) is 71.3 Å². The molecule has 0 aromatic heterocycles. The van der Waals surface area contributed by atoms with E-state index in [0.717, 1.165) is 26.2 Å². The standard InChI is InChI=1S/C23H30N2O2/c1-23(2,3)25-15-14-24(16-18-8-6-5-7-9-18)17-21(25)19-10-12-20(13-11-19)22(26)27-4/h5-13,21H,14-17H2,1-4H3. The van der Waals surface area contributed by atoms with Crippen molar-refractivity contribution in [1.29, 1.82) is 0 Å². The number of esters is 1. The lowest BCUT2D eigenvalue weighted by Crippen LogP contribution is -2.54. The van der Waals surface area contributed by atoms with E-state index in [9.17, 15) is 4.79 Å². The molecule has 0 N–H and O–H groups in total. The Labute approximate surface area is 162 Å². The summed E-state index contributed by atoms with van der Waals surface area (Å²) in [5, 5.41) is 0. The maximum absolute atomic E-state index is 11.7. The molecule has 1 unspecified atom stereocenters. The Morgan fingerprint density at radius 1 is 1.04 bits per heavy atom. The van der Waals surface area contributed by atoms with E-state index in [2.05, 4.69) is 73.0 Å². The third-order valence-electron chi connectivity index (χ3n) is 5.29. The van der Waals surface area contributed by atoms with E-state index in [4.69, 9.17) is 4.74 Å². The first kappa shape index (κ1) is 19.6. The summed E-state index contributed by atoms with van der Waals surface area (Å²) in [5.74, 6) is -0.288. The molecule has 2 aromatic carbocycles. The highest BCUT2D eigenvalue weighted by Crippen LogP contribution is 2.32. The fourth-order valence-corrected chi connectivity index (χ4v) is 3.87. The highest BCUT2D eigenvalue weighted by Gasteiger charge is 2.34. The monoisotopic (exact) mass is 366 g/mol. The summed E-state index contributed by atoms with van der Waals surface area (Å²) in [4.78, 5) is 16.8. The van der Waals surface area contributed by atoms with Crippen LogP contribution in [0.3, 0.4) is 0 Å². The lowest BCUT2D eigenvalue weighted by Gasteiger charge is -2.48. The molecule has 1 atom stereocenters. The number of carbonyl (C=O) groups excluding carboxylic acids is 1. The largest absolute Gasteiger partial charge is 0.465 e. The van der Waals surface area contributed by atoms with Crippen molar-refractivity contribution >= 4 is 5.97 Å². The molecule has 3 rings (SSSR count). The number of piperazine rings is 1. The third-order valence-corrected chi connectivity index (χ3v) is 5.29. The molecule has 1 heterocycles. The van der Waals surface area contributed by atoms with Gasteiger partial charge in [-0.2, -0.15) is 0 Å². The van der Waals surface area contributed by atoms with Crippen LogP contribution in [0.15, 0.2) is 54.6 Å². The van der Waals surface area contributed by atoms with Gasteiger partial charge in [0.25, 0.3) is 0 Å². The second kappa shape index (κ2) is 8.24. The Balaban J connectivity index is 1.81. The van der Waals surface area contributed by atoms with Gasteiger partial charge >= 0.3 is 5.97 Å². The van der Waals surface area contributed by atoms with Gasteiger partial charge in [0.15, 0.2) is 0 Å². The zero-order valence-corrected chi connectivity index (χ0v) is 16.8. The highest BCUT2D eigenvalue weighted by atomic mass is 16.5. The molecule has 27 heavy (non-hydrogen) atoms. The predicted molar refractivity (Wildman–Crippen MR) is 109 cm³/mol. The minimum Gasteiger partial charge on any atom is -0.465 e. The van der Waals surface area contributed by atoms with E-state index in [-0.39, 0.29) is 11.5 Å². The molecule has 144 valence electrons. The molecule has 4 heteroatoms. The van der Waals surface area contributed by atoms with Gasteiger partial charge in [-0.05, 0) is 44.0 Å². The fourth-order valence-electron chi connectivity index (χ4n) is 3.87. The van der Waals surface area contributed by atoms with Crippen molar-refractivity contribution in [3.63, 3.8) is 0 Å². The smallest absolute Gasteiger partial charge is 0.337 e. The second-order valence-electron chi connectivity index (χ2n) is 8.21. The molecule has 1 aliphatic rings. The van der Waals surface area contributed by atoms with Crippen LogP contribution in [0.2, 0.25) is 0 Å². The maximum atomic E-state index is 11.7. The van der Waals surface area contributed by atoms with Crippen LogP contribution in [0, 0.1) is 0 Å². The second-order valence-corrected chi connectivity index (χ2v) is 8.21. The minimum absolute atomic E-state index is 0.0878. The fraction of sp³-hybridized carbons (Fsp3) is 0.435. The van der Waals surface area contributed by atoms with Gasteiger partial charge in [0.1, 0.15) is 0 Å². The van der Waals surface area contributed by atoms with Crippen molar-refractivity contribution in [2.75, 3.05) is 26.7 Å². The van der Waals surface area contributed by atoms with E-state index in [1.807, 2.05) is 12.1 Å². The number of hydrogen-bond donors (Lipinski definition) is 0. The lowest BCUT2D eigenvalue weighted by molar-refractivity contribution is 0.00596. The number of carbonyl (C=O) groups is 1. The minimum atomic E-state index is -0.288. The number of hydrogen-bond acceptors (Lipinski definition) is 4. The molecule has 0 spiro atoms. The van der Waals surface area contributed by atoms with E-state index >= 15 is 0 Å².